The molecule has 13 atom stereocenters. The molecule has 1 unspecified atom stereocenters. The highest BCUT2D eigenvalue weighted by molar-refractivity contribution is 5.99. The van der Waals surface area contributed by atoms with E-state index >= 15 is 0 Å². The summed E-state index contributed by atoms with van der Waals surface area (Å²) in [5.74, 6) is -10.3. The first-order valence-corrected chi connectivity index (χ1v) is 29.2. The van der Waals surface area contributed by atoms with E-state index in [9.17, 15) is 63.0 Å². The van der Waals surface area contributed by atoms with Crippen LogP contribution in [-0.4, -0.2) is 187 Å². The summed E-state index contributed by atoms with van der Waals surface area (Å²) in [6, 6.07) is -6.23. The van der Waals surface area contributed by atoms with Crippen molar-refractivity contribution in [3.63, 3.8) is 0 Å². The highest BCUT2D eigenvalue weighted by Gasteiger charge is 2.38. The summed E-state index contributed by atoms with van der Waals surface area (Å²) < 4.78 is 0. The molecule has 1 aliphatic rings. The van der Waals surface area contributed by atoms with Crippen LogP contribution in [0.15, 0.2) is 30.3 Å². The van der Waals surface area contributed by atoms with Gasteiger partial charge in [0.05, 0.1) is 12.2 Å². The van der Waals surface area contributed by atoms with Crippen molar-refractivity contribution < 1.29 is 63.0 Å². The van der Waals surface area contributed by atoms with Crippen molar-refractivity contribution in [3.8, 4) is 0 Å². The fraction of sp³-hybridized carbons (Fsp3) is 0.691. The molecule has 474 valence electrons. The second-order valence-corrected chi connectivity index (χ2v) is 21.1. The summed E-state index contributed by atoms with van der Waals surface area (Å²) in [5.41, 5.74) is 29.9. The highest BCUT2D eigenvalue weighted by Crippen LogP contribution is 2.13. The van der Waals surface area contributed by atoms with Crippen molar-refractivity contribution in [1.29, 1.82) is 0 Å². The molecule has 29 nitrogen and oxygen atoms in total. The Labute approximate surface area is 491 Å². The Morgan fingerprint density at radius 3 is 1.58 bits per heavy atom. The molecule has 2 rings (SSSR count). The Balaban J connectivity index is 2.69. The van der Waals surface area contributed by atoms with Gasteiger partial charge in [0, 0.05) is 19.4 Å². The predicted octanol–water partition coefficient (Wildman–Crippen LogP) is -5.49. The first-order chi connectivity index (χ1) is 40.0. The zero-order valence-corrected chi connectivity index (χ0v) is 49.3. The first kappa shape index (κ1) is 73.2. The number of carbonyl (C=O) groups excluding carboxylic acids is 11. The Morgan fingerprint density at radius 1 is 0.560 bits per heavy atom. The summed E-state index contributed by atoms with van der Waals surface area (Å²) in [5, 5.41) is 49.7. The fourth-order valence-corrected chi connectivity index (χ4v) is 9.00. The molecule has 1 saturated heterocycles. The number of unbranched alkanes of at least 4 members (excludes halogenated alkanes) is 4. The van der Waals surface area contributed by atoms with E-state index in [1.54, 1.807) is 44.2 Å². The molecule has 0 radical (unpaired) electrons. The van der Waals surface area contributed by atoms with Gasteiger partial charge in [-0.05, 0) is 103 Å². The van der Waals surface area contributed by atoms with Crippen LogP contribution in [0.4, 0.5) is 0 Å². The summed E-state index contributed by atoms with van der Waals surface area (Å²) >= 11 is 0. The number of amides is 11. The van der Waals surface area contributed by atoms with Crippen LogP contribution < -0.4 is 87.2 Å². The van der Waals surface area contributed by atoms with Crippen LogP contribution in [0.2, 0.25) is 0 Å². The Morgan fingerprint density at radius 2 is 1.06 bits per heavy atom. The number of aliphatic hydroxyl groups is 2. The average molecular weight is 1190 g/mol. The lowest BCUT2D eigenvalue weighted by atomic mass is 9.96. The van der Waals surface area contributed by atoms with Crippen molar-refractivity contribution >= 4 is 65.0 Å². The minimum absolute atomic E-state index is 0.0144. The van der Waals surface area contributed by atoms with Gasteiger partial charge in [0.15, 0.2) is 0 Å². The number of hydrogen-bond donors (Lipinski definition) is 18. The van der Waals surface area contributed by atoms with Crippen LogP contribution in [0.3, 0.4) is 0 Å². The number of nitrogens with one attached hydrogen (secondary N) is 11. The molecule has 0 saturated carbocycles. The minimum Gasteiger partial charge on any atom is -0.391 e. The molecule has 0 aromatic heterocycles. The molecule has 11 amide bonds. The molecular formula is C55H96N16O13. The summed E-state index contributed by atoms with van der Waals surface area (Å²) in [6.45, 7) is 6.74. The maximum Gasteiger partial charge on any atom is 0.245 e. The monoisotopic (exact) mass is 1190 g/mol. The Kier molecular flexibility index (Phi) is 34.5. The standard InChI is InChI=1S/C55H96N16O13/c1-6-8-9-10-14-17-42(74)62-35(18-24-56)50(79)71-45(33(5)73)55(84)67-38(21-27-59)47(76)65-40-23-29-61-53(82)44(32(4)72)70-51(80)39(22-28-60)64-46(75)37(20-26-58)66-54(83)43(31(3)7-2)69-52(81)41(30-34-15-12-11-13-16-34)68-48(77)36(19-25-57)63-49(40)78/h11-13,15-16,31-33,35-41,43-45,72-73H,6-10,14,17-30,56-60H2,1-5H3,(H,61,82)(H,62,74)(H,63,78)(H,64,75)(H,65,76)(H,66,83)(H,67,84)(H,68,77)(H,69,81)(H,70,80)(H,71,79)/t31-,32+,33+,35-,36-,37-,38-,39-,40?,41+,43-,44-,45-/m0/s1. The number of hydrogen-bond acceptors (Lipinski definition) is 18. The van der Waals surface area contributed by atoms with Gasteiger partial charge in [-0.25, -0.2) is 0 Å². The molecule has 0 spiro atoms. The molecule has 0 bridgehead atoms. The molecule has 1 aromatic rings. The van der Waals surface area contributed by atoms with Gasteiger partial charge in [-0.1, -0.05) is 83.2 Å². The fourth-order valence-electron chi connectivity index (χ4n) is 9.00. The largest absolute Gasteiger partial charge is 0.391 e. The van der Waals surface area contributed by atoms with E-state index in [4.69, 9.17) is 28.7 Å². The summed E-state index contributed by atoms with van der Waals surface area (Å²) in [4.78, 5) is 154. The smallest absolute Gasteiger partial charge is 0.245 e. The maximum atomic E-state index is 14.5. The quantitative estimate of drug-likeness (QED) is 0.0333. The van der Waals surface area contributed by atoms with Gasteiger partial charge in [-0.2, -0.15) is 0 Å². The lowest BCUT2D eigenvalue weighted by Gasteiger charge is -2.30. The van der Waals surface area contributed by atoms with Gasteiger partial charge in [0.25, 0.3) is 0 Å². The average Bonchev–Trinajstić information content (AvgIpc) is 3.62. The van der Waals surface area contributed by atoms with Crippen LogP contribution >= 0.6 is 0 Å². The van der Waals surface area contributed by atoms with E-state index in [1.807, 2.05) is 0 Å². The topological polar surface area (TPSA) is 491 Å². The minimum atomic E-state index is -1.70. The predicted molar refractivity (Wildman–Crippen MR) is 312 cm³/mol. The first-order valence-electron chi connectivity index (χ1n) is 29.2. The molecule has 84 heavy (non-hydrogen) atoms. The van der Waals surface area contributed by atoms with Crippen molar-refractivity contribution in [2.75, 3.05) is 39.3 Å². The third-order valence-electron chi connectivity index (χ3n) is 14.2. The van der Waals surface area contributed by atoms with Gasteiger partial charge < -0.3 is 97.4 Å². The van der Waals surface area contributed by atoms with Crippen LogP contribution in [0.1, 0.15) is 124 Å². The van der Waals surface area contributed by atoms with Gasteiger partial charge in [0.2, 0.25) is 65.0 Å². The summed E-state index contributed by atoms with van der Waals surface area (Å²) in [6.07, 6.45) is 0.327. The normalized spacial score (nSPS) is 23.0. The number of aliphatic hydroxyl groups excluding tert-OH is 2. The molecule has 1 aliphatic heterocycles. The van der Waals surface area contributed by atoms with Crippen molar-refractivity contribution in [3.05, 3.63) is 35.9 Å². The molecule has 0 aliphatic carbocycles. The van der Waals surface area contributed by atoms with E-state index in [0.29, 0.717) is 18.4 Å². The Hall–Kier alpha value is -6.89. The van der Waals surface area contributed by atoms with Crippen molar-refractivity contribution in [2.45, 2.75) is 197 Å². The van der Waals surface area contributed by atoms with Gasteiger partial charge in [0.1, 0.15) is 60.4 Å². The van der Waals surface area contributed by atoms with Crippen LogP contribution in [0, 0.1) is 5.92 Å². The molecule has 29 heteroatoms. The maximum absolute atomic E-state index is 14.5. The van der Waals surface area contributed by atoms with E-state index in [1.165, 1.54) is 13.8 Å². The zero-order valence-electron chi connectivity index (χ0n) is 49.3. The number of nitrogens with two attached hydrogens (primary N) is 5. The van der Waals surface area contributed by atoms with Gasteiger partial charge in [-0.3, -0.25) is 52.7 Å². The SMILES string of the molecule is CCCCCCCC(=O)N[C@@H](CCN)C(=O)N[C@H](C(=O)N[C@@H](CCN)C(=O)NC1CCNC(=O)[C@H]([C@@H](C)O)NC(=O)[C@H](CCN)NC(=O)[C@H](CCN)NC(=O)[C@H]([C@@H](C)CC)NC(=O)[C@@H](Cc2ccccc2)NC(=O)[C@H](CCN)NC1=O)[C@@H](C)O. The third kappa shape index (κ3) is 25.5. The van der Waals surface area contributed by atoms with Crippen LogP contribution in [0.25, 0.3) is 0 Å². The second-order valence-electron chi connectivity index (χ2n) is 21.1. The lowest BCUT2D eigenvalue weighted by molar-refractivity contribution is -0.137. The highest BCUT2D eigenvalue weighted by atomic mass is 16.3. The van der Waals surface area contributed by atoms with E-state index < -0.39 is 156 Å². The second kappa shape index (κ2) is 39.6. The van der Waals surface area contributed by atoms with E-state index in [-0.39, 0.29) is 77.7 Å². The molecular weight excluding hydrogens is 1090 g/mol. The zero-order chi connectivity index (χ0) is 62.9. The lowest BCUT2D eigenvalue weighted by Crippen LogP contribution is -2.62. The third-order valence-corrected chi connectivity index (χ3v) is 14.2. The number of rotatable bonds is 29. The number of carbonyl (C=O) groups is 11. The molecule has 23 N–H and O–H groups in total. The van der Waals surface area contributed by atoms with E-state index in [2.05, 4.69) is 65.4 Å². The van der Waals surface area contributed by atoms with Crippen LogP contribution in [-0.2, 0) is 59.2 Å². The summed E-state index contributed by atoms with van der Waals surface area (Å²) in [7, 11) is 0. The van der Waals surface area contributed by atoms with Crippen molar-refractivity contribution in [2.24, 2.45) is 34.6 Å². The molecule has 1 heterocycles. The van der Waals surface area contributed by atoms with Gasteiger partial charge in [-0.15, -0.1) is 0 Å². The van der Waals surface area contributed by atoms with E-state index in [0.717, 1.165) is 25.7 Å². The number of benzene rings is 1. The Bertz CT molecular complexity index is 2280. The van der Waals surface area contributed by atoms with Gasteiger partial charge >= 0.3 is 0 Å². The van der Waals surface area contributed by atoms with Crippen molar-refractivity contribution in [1.82, 2.24) is 58.5 Å². The molecule has 1 fully saturated rings. The van der Waals surface area contributed by atoms with Crippen LogP contribution in [0.5, 0.6) is 0 Å². The molecule has 1 aromatic carbocycles.